The molecule has 3 nitrogen and oxygen atoms in total. The molecule has 2 atom stereocenters. The van der Waals surface area contributed by atoms with E-state index in [0.717, 1.165) is 19.3 Å². The lowest BCUT2D eigenvalue weighted by molar-refractivity contribution is -0.139. The summed E-state index contributed by atoms with van der Waals surface area (Å²) in [5, 5.41) is 2.56. The highest BCUT2D eigenvalue weighted by Crippen LogP contribution is 2.41. The molecular weight excluding hydrogens is 296 g/mol. The lowest BCUT2D eigenvalue weighted by Crippen LogP contribution is -2.48. The number of benzene rings is 1. The maximum atomic E-state index is 12.5. The molecule has 0 spiro atoms. The van der Waals surface area contributed by atoms with Crippen molar-refractivity contribution in [3.05, 3.63) is 42.2 Å². The molecular formula is C21H26N2O. The molecule has 126 valence electrons. The van der Waals surface area contributed by atoms with Gasteiger partial charge in [0.1, 0.15) is 0 Å². The molecule has 2 aliphatic heterocycles. The summed E-state index contributed by atoms with van der Waals surface area (Å²) in [6, 6.07) is 9.59. The van der Waals surface area contributed by atoms with Crippen LogP contribution in [0.3, 0.4) is 0 Å². The number of pyridine rings is 1. The van der Waals surface area contributed by atoms with Crippen LogP contribution >= 0.6 is 0 Å². The zero-order chi connectivity index (χ0) is 16.7. The summed E-state index contributed by atoms with van der Waals surface area (Å²) in [4.78, 5) is 19.1. The van der Waals surface area contributed by atoms with Gasteiger partial charge in [-0.15, -0.1) is 0 Å². The number of piperidine rings is 1. The van der Waals surface area contributed by atoms with Crippen LogP contribution in [0.1, 0.15) is 45.1 Å². The van der Waals surface area contributed by atoms with Gasteiger partial charge in [0.15, 0.2) is 0 Å². The van der Waals surface area contributed by atoms with E-state index in [0.29, 0.717) is 23.9 Å². The quantitative estimate of drug-likeness (QED) is 0.848. The summed E-state index contributed by atoms with van der Waals surface area (Å²) in [7, 11) is 0. The number of nitrogens with zero attached hydrogens (tertiary/aromatic N) is 2. The maximum Gasteiger partial charge on any atom is 0.225 e. The van der Waals surface area contributed by atoms with Crippen LogP contribution in [0.15, 0.2) is 36.7 Å². The Hall–Kier alpha value is -1.90. The second kappa shape index (κ2) is 6.19. The van der Waals surface area contributed by atoms with Crippen LogP contribution in [0, 0.1) is 11.8 Å². The van der Waals surface area contributed by atoms with Crippen molar-refractivity contribution in [1.29, 1.82) is 0 Å². The van der Waals surface area contributed by atoms with E-state index in [1.807, 2.05) is 26.2 Å². The number of carbonyl (C=O) groups is 1. The molecule has 2 aliphatic rings. The Kier molecular flexibility index (Phi) is 4.03. The van der Waals surface area contributed by atoms with Crippen molar-refractivity contribution in [3.8, 4) is 0 Å². The van der Waals surface area contributed by atoms with E-state index in [1.54, 1.807) is 0 Å². The van der Waals surface area contributed by atoms with Gasteiger partial charge < -0.3 is 4.90 Å². The van der Waals surface area contributed by atoms with Gasteiger partial charge in [-0.25, -0.2) is 0 Å². The zero-order valence-corrected chi connectivity index (χ0v) is 14.6. The molecule has 0 radical (unpaired) electrons. The molecule has 3 heteroatoms. The molecule has 1 aromatic heterocycles. The van der Waals surface area contributed by atoms with E-state index < -0.39 is 0 Å². The van der Waals surface area contributed by atoms with Gasteiger partial charge in [0.25, 0.3) is 0 Å². The van der Waals surface area contributed by atoms with Crippen LogP contribution in [-0.2, 0) is 11.2 Å². The highest BCUT2D eigenvalue weighted by atomic mass is 16.2. The number of fused-ring (bicyclic) bond motifs is 3. The van der Waals surface area contributed by atoms with E-state index in [1.165, 1.54) is 29.2 Å². The fourth-order valence-corrected chi connectivity index (χ4v) is 4.78. The first-order chi connectivity index (χ1) is 11.6. The van der Waals surface area contributed by atoms with Gasteiger partial charge in [-0.2, -0.15) is 0 Å². The second-order valence-corrected chi connectivity index (χ2v) is 7.84. The van der Waals surface area contributed by atoms with E-state index in [2.05, 4.69) is 34.1 Å². The van der Waals surface area contributed by atoms with Crippen molar-refractivity contribution in [3.63, 3.8) is 0 Å². The van der Waals surface area contributed by atoms with Crippen LogP contribution in [0.5, 0.6) is 0 Å². The number of rotatable bonds is 3. The molecule has 0 N–H and O–H groups in total. The van der Waals surface area contributed by atoms with Crippen molar-refractivity contribution >= 4 is 16.7 Å². The first kappa shape index (κ1) is 15.6. The normalized spacial score (nSPS) is 26.3. The Morgan fingerprint density at radius 2 is 1.96 bits per heavy atom. The number of hydrogen-bond donors (Lipinski definition) is 0. The predicted molar refractivity (Wildman–Crippen MR) is 96.7 cm³/mol. The predicted octanol–water partition coefficient (Wildman–Crippen LogP) is 4.20. The molecule has 1 amide bonds. The topological polar surface area (TPSA) is 33.2 Å². The van der Waals surface area contributed by atoms with Gasteiger partial charge in [0.2, 0.25) is 5.91 Å². The van der Waals surface area contributed by atoms with Gasteiger partial charge in [0.05, 0.1) is 0 Å². The fourth-order valence-electron chi connectivity index (χ4n) is 4.78. The Morgan fingerprint density at radius 1 is 1.21 bits per heavy atom. The summed E-state index contributed by atoms with van der Waals surface area (Å²) in [6.45, 7) is 4.05. The van der Waals surface area contributed by atoms with Gasteiger partial charge >= 0.3 is 0 Å². The number of amides is 1. The Labute approximate surface area is 144 Å². The molecule has 24 heavy (non-hydrogen) atoms. The minimum Gasteiger partial charge on any atom is -0.336 e. The molecule has 2 fully saturated rings. The van der Waals surface area contributed by atoms with E-state index in [-0.39, 0.29) is 5.92 Å². The highest BCUT2D eigenvalue weighted by molar-refractivity contribution is 5.84. The van der Waals surface area contributed by atoms with Gasteiger partial charge in [0, 0.05) is 35.8 Å². The van der Waals surface area contributed by atoms with Crippen LogP contribution in [0.2, 0.25) is 0 Å². The lowest BCUT2D eigenvalue weighted by atomic mass is 9.84. The first-order valence-electron chi connectivity index (χ1n) is 9.27. The number of carbonyl (C=O) groups excluding carboxylic acids is 1. The Balaban J connectivity index is 1.53. The molecule has 0 aliphatic carbocycles. The third-order valence-corrected chi connectivity index (χ3v) is 5.86. The summed E-state index contributed by atoms with van der Waals surface area (Å²) in [6.07, 6.45) is 9.67. The molecule has 4 rings (SSSR count). The molecule has 0 saturated carbocycles. The van der Waals surface area contributed by atoms with Crippen molar-refractivity contribution in [2.45, 2.75) is 58.0 Å². The lowest BCUT2D eigenvalue weighted by Gasteiger charge is -2.40. The average Bonchev–Trinajstić information content (AvgIpc) is 2.85. The third kappa shape index (κ3) is 2.70. The monoisotopic (exact) mass is 322 g/mol. The molecule has 1 aromatic carbocycles. The standard InChI is InChI=1S/C21H26N2O/c1-14(2)21(24)23-18-6-7-19(23)12-15(11-18)10-17-5-3-4-16-8-9-22-13-20(16)17/h3-5,8-9,13-15,18-19H,6-7,10-12H2,1-2H3. The summed E-state index contributed by atoms with van der Waals surface area (Å²) < 4.78 is 0. The summed E-state index contributed by atoms with van der Waals surface area (Å²) in [5.74, 6) is 1.16. The Morgan fingerprint density at radius 3 is 2.67 bits per heavy atom. The first-order valence-corrected chi connectivity index (χ1v) is 9.27. The number of aromatic nitrogens is 1. The average molecular weight is 322 g/mol. The molecule has 2 unspecified atom stereocenters. The van der Waals surface area contributed by atoms with Crippen molar-refractivity contribution in [1.82, 2.24) is 9.88 Å². The van der Waals surface area contributed by atoms with Gasteiger partial charge in [-0.3, -0.25) is 9.78 Å². The number of hydrogen-bond acceptors (Lipinski definition) is 2. The summed E-state index contributed by atoms with van der Waals surface area (Å²) >= 11 is 0. The summed E-state index contributed by atoms with van der Waals surface area (Å²) in [5.41, 5.74) is 1.41. The zero-order valence-electron chi connectivity index (χ0n) is 14.6. The second-order valence-electron chi connectivity index (χ2n) is 7.84. The SMILES string of the molecule is CC(C)C(=O)N1C2CCC1CC(Cc1cccc3ccncc13)C2. The molecule has 2 bridgehead atoms. The molecule has 2 aromatic rings. The van der Waals surface area contributed by atoms with E-state index in [9.17, 15) is 4.79 Å². The highest BCUT2D eigenvalue weighted by Gasteiger charge is 2.43. The largest absolute Gasteiger partial charge is 0.336 e. The third-order valence-electron chi connectivity index (χ3n) is 5.86. The van der Waals surface area contributed by atoms with Crippen molar-refractivity contribution in [2.24, 2.45) is 11.8 Å². The molecule has 2 saturated heterocycles. The van der Waals surface area contributed by atoms with E-state index in [4.69, 9.17) is 0 Å². The van der Waals surface area contributed by atoms with Gasteiger partial charge in [-0.05, 0) is 55.0 Å². The van der Waals surface area contributed by atoms with E-state index >= 15 is 0 Å². The van der Waals surface area contributed by atoms with Crippen LogP contribution < -0.4 is 0 Å². The smallest absolute Gasteiger partial charge is 0.225 e. The Bertz CT molecular complexity index is 735. The minimum atomic E-state index is 0.119. The minimum absolute atomic E-state index is 0.119. The fraction of sp³-hybridized carbons (Fsp3) is 0.524. The van der Waals surface area contributed by atoms with Crippen LogP contribution in [-0.4, -0.2) is 27.9 Å². The molecule has 3 heterocycles. The van der Waals surface area contributed by atoms with Gasteiger partial charge in [-0.1, -0.05) is 32.0 Å². The van der Waals surface area contributed by atoms with Crippen LogP contribution in [0.4, 0.5) is 0 Å². The maximum absolute atomic E-state index is 12.5. The van der Waals surface area contributed by atoms with Crippen molar-refractivity contribution in [2.75, 3.05) is 0 Å². The van der Waals surface area contributed by atoms with Crippen LogP contribution in [0.25, 0.3) is 10.8 Å². The van der Waals surface area contributed by atoms with Crippen molar-refractivity contribution < 1.29 is 4.79 Å².